The normalized spacial score (nSPS) is 9.80. The van der Waals surface area contributed by atoms with Gasteiger partial charge in [-0.05, 0) is 0 Å². The lowest BCUT2D eigenvalue weighted by atomic mass is 10.4. The first kappa shape index (κ1) is 7.15. The fourth-order valence-corrected chi connectivity index (χ4v) is 0.788. The summed E-state index contributed by atoms with van der Waals surface area (Å²) in [5.41, 5.74) is -0.276. The van der Waals surface area contributed by atoms with Crippen LogP contribution in [0.1, 0.15) is 0 Å². The fraction of sp³-hybridized carbons (Fsp3) is 0.167. The van der Waals surface area contributed by atoms with Crippen LogP contribution in [0.15, 0.2) is 17.1 Å². The molecule has 10 heavy (non-hydrogen) atoms. The van der Waals surface area contributed by atoms with Gasteiger partial charge in [0.25, 0.3) is 5.56 Å². The van der Waals surface area contributed by atoms with Gasteiger partial charge in [0.1, 0.15) is 5.75 Å². The van der Waals surface area contributed by atoms with Gasteiger partial charge in [0.05, 0.1) is 5.02 Å². The minimum atomic E-state index is -0.276. The maximum Gasteiger partial charge on any atom is 0.254 e. The molecule has 0 radical (unpaired) electrons. The van der Waals surface area contributed by atoms with Crippen LogP contribution in [0, 0.1) is 0 Å². The van der Waals surface area contributed by atoms with E-state index in [1.165, 1.54) is 10.8 Å². The van der Waals surface area contributed by atoms with Crippen molar-refractivity contribution in [1.82, 2.24) is 4.57 Å². The summed E-state index contributed by atoms with van der Waals surface area (Å²) >= 11 is 5.48. The summed E-state index contributed by atoms with van der Waals surface area (Å²) in [6.45, 7) is 0. The zero-order valence-corrected chi connectivity index (χ0v) is 6.09. The Morgan fingerprint density at radius 2 is 2.30 bits per heavy atom. The van der Waals surface area contributed by atoms with Gasteiger partial charge in [-0.15, -0.1) is 0 Å². The third-order valence-corrected chi connectivity index (χ3v) is 1.45. The molecule has 3 nitrogen and oxygen atoms in total. The number of aromatic nitrogens is 1. The van der Waals surface area contributed by atoms with Crippen molar-refractivity contribution < 1.29 is 5.11 Å². The van der Waals surface area contributed by atoms with E-state index in [9.17, 15) is 4.79 Å². The lowest BCUT2D eigenvalue weighted by Gasteiger charge is -1.97. The van der Waals surface area contributed by atoms with Crippen molar-refractivity contribution >= 4 is 11.6 Å². The Bertz CT molecular complexity index is 305. The van der Waals surface area contributed by atoms with E-state index in [1.54, 1.807) is 7.05 Å². The monoisotopic (exact) mass is 159 g/mol. The van der Waals surface area contributed by atoms with Gasteiger partial charge < -0.3 is 9.67 Å². The van der Waals surface area contributed by atoms with E-state index in [2.05, 4.69) is 0 Å². The van der Waals surface area contributed by atoms with Crippen LogP contribution in [-0.4, -0.2) is 9.67 Å². The third kappa shape index (κ3) is 1.14. The van der Waals surface area contributed by atoms with Crippen LogP contribution in [0.25, 0.3) is 0 Å². The molecule has 1 N–H and O–H groups in total. The minimum absolute atomic E-state index is 0.176. The van der Waals surface area contributed by atoms with E-state index < -0.39 is 0 Å². The Hall–Kier alpha value is -0.960. The second-order valence-electron chi connectivity index (χ2n) is 1.96. The molecule has 0 aliphatic carbocycles. The molecule has 0 aliphatic heterocycles. The Labute approximate surface area is 62.5 Å². The predicted molar refractivity (Wildman–Crippen MR) is 38.4 cm³/mol. The quantitative estimate of drug-likeness (QED) is 0.607. The third-order valence-electron chi connectivity index (χ3n) is 1.16. The highest BCUT2D eigenvalue weighted by Gasteiger charge is 1.98. The molecule has 4 heteroatoms. The van der Waals surface area contributed by atoms with Crippen molar-refractivity contribution in [2.24, 2.45) is 7.05 Å². The Morgan fingerprint density at radius 1 is 1.70 bits per heavy atom. The van der Waals surface area contributed by atoms with E-state index in [1.807, 2.05) is 0 Å². The second kappa shape index (κ2) is 2.34. The van der Waals surface area contributed by atoms with Gasteiger partial charge in [0.15, 0.2) is 0 Å². The topological polar surface area (TPSA) is 42.2 Å². The fourth-order valence-electron chi connectivity index (χ4n) is 0.587. The maximum atomic E-state index is 10.7. The molecule has 0 saturated carbocycles. The molecule has 1 aromatic rings. The van der Waals surface area contributed by atoms with Crippen molar-refractivity contribution in [3.05, 3.63) is 27.6 Å². The van der Waals surface area contributed by atoms with E-state index in [4.69, 9.17) is 16.7 Å². The van der Waals surface area contributed by atoms with Crippen molar-refractivity contribution in [2.75, 3.05) is 0 Å². The molecule has 0 fully saturated rings. The highest BCUT2D eigenvalue weighted by Crippen LogP contribution is 2.18. The molecular formula is C6H6ClNO2. The second-order valence-corrected chi connectivity index (χ2v) is 2.36. The summed E-state index contributed by atoms with van der Waals surface area (Å²) < 4.78 is 1.29. The van der Waals surface area contributed by atoms with Crippen LogP contribution in [-0.2, 0) is 7.05 Å². The van der Waals surface area contributed by atoms with E-state index >= 15 is 0 Å². The first-order valence-electron chi connectivity index (χ1n) is 2.66. The van der Waals surface area contributed by atoms with Crippen LogP contribution < -0.4 is 5.56 Å². The Kier molecular flexibility index (Phi) is 1.68. The maximum absolute atomic E-state index is 10.7. The molecule has 0 spiro atoms. The largest absolute Gasteiger partial charge is 0.506 e. The van der Waals surface area contributed by atoms with E-state index in [-0.39, 0.29) is 16.3 Å². The van der Waals surface area contributed by atoms with Gasteiger partial charge in [-0.3, -0.25) is 4.79 Å². The molecule has 1 heterocycles. The first-order valence-corrected chi connectivity index (χ1v) is 3.04. The molecule has 0 aliphatic rings. The smallest absolute Gasteiger partial charge is 0.254 e. The van der Waals surface area contributed by atoms with Gasteiger partial charge in [-0.25, -0.2) is 0 Å². The summed E-state index contributed by atoms with van der Waals surface area (Å²) in [6.07, 6.45) is 1.36. The van der Waals surface area contributed by atoms with Crippen LogP contribution in [0.2, 0.25) is 5.02 Å². The Balaban J connectivity index is 3.43. The summed E-state index contributed by atoms with van der Waals surface area (Å²) in [6, 6.07) is 1.07. The van der Waals surface area contributed by atoms with Crippen molar-refractivity contribution in [3.63, 3.8) is 0 Å². The number of hydrogen-bond acceptors (Lipinski definition) is 2. The molecule has 1 aromatic heterocycles. The van der Waals surface area contributed by atoms with Gasteiger partial charge in [0.2, 0.25) is 0 Å². The zero-order chi connectivity index (χ0) is 7.72. The van der Waals surface area contributed by atoms with Crippen molar-refractivity contribution in [1.29, 1.82) is 0 Å². The first-order chi connectivity index (χ1) is 4.61. The van der Waals surface area contributed by atoms with E-state index in [0.717, 1.165) is 6.07 Å². The average Bonchev–Trinajstić information content (AvgIpc) is 1.84. The average molecular weight is 160 g/mol. The molecule has 0 atom stereocenters. The summed E-state index contributed by atoms with van der Waals surface area (Å²) in [4.78, 5) is 10.7. The molecule has 0 aromatic carbocycles. The Morgan fingerprint density at radius 3 is 2.80 bits per heavy atom. The number of halogens is 1. The van der Waals surface area contributed by atoms with Crippen LogP contribution >= 0.6 is 11.6 Å². The van der Waals surface area contributed by atoms with E-state index in [0.29, 0.717) is 0 Å². The van der Waals surface area contributed by atoms with Crippen LogP contribution in [0.4, 0.5) is 0 Å². The van der Waals surface area contributed by atoms with Crippen molar-refractivity contribution in [2.45, 2.75) is 0 Å². The highest BCUT2D eigenvalue weighted by molar-refractivity contribution is 6.31. The summed E-state index contributed by atoms with van der Waals surface area (Å²) in [7, 11) is 1.56. The molecule has 0 unspecified atom stereocenters. The molecule has 54 valence electrons. The summed E-state index contributed by atoms with van der Waals surface area (Å²) in [5, 5.41) is 9.06. The number of aryl methyl sites for hydroxylation is 1. The minimum Gasteiger partial charge on any atom is -0.506 e. The van der Waals surface area contributed by atoms with Gasteiger partial charge in [-0.2, -0.15) is 0 Å². The van der Waals surface area contributed by atoms with Gasteiger partial charge >= 0.3 is 0 Å². The SMILES string of the molecule is Cn1cc(Cl)c(O)cc1=O. The number of nitrogens with zero attached hydrogens (tertiary/aromatic N) is 1. The number of pyridine rings is 1. The van der Waals surface area contributed by atoms with Crippen LogP contribution in [0.5, 0.6) is 5.75 Å². The molecular weight excluding hydrogens is 154 g/mol. The van der Waals surface area contributed by atoms with Crippen LogP contribution in [0.3, 0.4) is 0 Å². The highest BCUT2D eigenvalue weighted by atomic mass is 35.5. The predicted octanol–water partition coefficient (Wildman–Crippen LogP) is 0.744. The molecule has 0 amide bonds. The molecule has 0 saturated heterocycles. The number of rotatable bonds is 0. The number of aromatic hydroxyl groups is 1. The van der Waals surface area contributed by atoms with Crippen molar-refractivity contribution in [3.8, 4) is 5.75 Å². The number of hydrogen-bond donors (Lipinski definition) is 1. The summed E-state index contributed by atoms with van der Waals surface area (Å²) in [5.74, 6) is -0.176. The molecule has 1 rings (SSSR count). The standard InChI is InChI=1S/C6H6ClNO2/c1-8-3-4(7)5(9)2-6(8)10/h2-3,9H,1H3. The zero-order valence-electron chi connectivity index (χ0n) is 5.34. The van der Waals surface area contributed by atoms with Gasteiger partial charge in [0, 0.05) is 19.3 Å². The molecule has 0 bridgehead atoms. The lowest BCUT2D eigenvalue weighted by molar-refractivity contribution is 0.472. The lowest BCUT2D eigenvalue weighted by Crippen LogP contribution is -2.13. The van der Waals surface area contributed by atoms with Gasteiger partial charge in [-0.1, -0.05) is 11.6 Å².